The number of likely N-dealkylation sites (N-methyl/N-ethyl adjacent to an activating group) is 1. The fraction of sp³-hybridized carbons (Fsp3) is 0.500. The van der Waals surface area contributed by atoms with Crippen LogP contribution in [0.2, 0.25) is 0 Å². The predicted molar refractivity (Wildman–Crippen MR) is 104 cm³/mol. The molecule has 1 aromatic carbocycles. The Kier molecular flexibility index (Phi) is 8.81. The van der Waals surface area contributed by atoms with Crippen LogP contribution in [0.3, 0.4) is 0 Å². The third-order valence-corrected chi connectivity index (χ3v) is 3.80. The van der Waals surface area contributed by atoms with E-state index in [2.05, 4.69) is 10.6 Å². The molecule has 0 fully saturated rings. The minimum absolute atomic E-state index is 0.0173. The van der Waals surface area contributed by atoms with Gasteiger partial charge in [0.05, 0.1) is 12.3 Å². The van der Waals surface area contributed by atoms with E-state index in [1.54, 1.807) is 27.8 Å². The van der Waals surface area contributed by atoms with Crippen LogP contribution in [0.1, 0.15) is 39.2 Å². The van der Waals surface area contributed by atoms with Crippen LogP contribution in [0, 0.1) is 5.41 Å². The van der Waals surface area contributed by atoms with Crippen LogP contribution in [-0.4, -0.2) is 48.6 Å². The molecule has 2 atom stereocenters. The molecular weight excluding hydrogens is 346 g/mol. The number of rotatable bonds is 10. The van der Waals surface area contributed by atoms with E-state index < -0.39 is 29.4 Å². The van der Waals surface area contributed by atoms with Gasteiger partial charge in [0.1, 0.15) is 11.6 Å². The lowest BCUT2D eigenvalue weighted by atomic mass is 10.0. The van der Waals surface area contributed by atoms with E-state index in [-0.39, 0.29) is 18.7 Å². The summed E-state index contributed by atoms with van der Waals surface area (Å²) in [4.78, 5) is 36.5. The number of nitrogens with one attached hydrogen (secondary N) is 3. The van der Waals surface area contributed by atoms with Crippen molar-refractivity contribution in [3.63, 3.8) is 0 Å². The van der Waals surface area contributed by atoms with Gasteiger partial charge in [-0.2, -0.15) is 0 Å². The molecule has 0 saturated heterocycles. The molecular formula is C20H29N3O4. The van der Waals surface area contributed by atoms with Crippen LogP contribution in [0.25, 0.3) is 0 Å². The summed E-state index contributed by atoms with van der Waals surface area (Å²) in [7, 11) is 1.67. The van der Waals surface area contributed by atoms with Gasteiger partial charge in [0.25, 0.3) is 0 Å². The zero-order chi connectivity index (χ0) is 20.4. The predicted octanol–water partition coefficient (Wildman–Crippen LogP) is 1.64. The van der Waals surface area contributed by atoms with E-state index in [4.69, 9.17) is 10.1 Å². The molecule has 1 aromatic rings. The first-order chi connectivity index (χ1) is 12.7. The summed E-state index contributed by atoms with van der Waals surface area (Å²) in [5.74, 6) is -1.35. The molecule has 0 radical (unpaired) electrons. The number of hydrogen-bond acceptors (Lipinski definition) is 6. The first-order valence-electron chi connectivity index (χ1n) is 8.94. The van der Waals surface area contributed by atoms with E-state index >= 15 is 0 Å². The standard InChI is InChI=1S/C20H29N3O4/c1-20(2,3)27-19(26)16(11-10-15(24)13-21)23-18(25)17(22-4)12-14-8-6-5-7-9-14/h5-9,13,16-17,21-22H,10-12H2,1-4H3,(H,23,25)/t16-,17-/m0/s1. The van der Waals surface area contributed by atoms with Crippen LogP contribution in [0.5, 0.6) is 0 Å². The van der Waals surface area contributed by atoms with Crippen molar-refractivity contribution in [2.24, 2.45) is 0 Å². The Hall–Kier alpha value is -2.54. The van der Waals surface area contributed by atoms with Crippen LogP contribution < -0.4 is 10.6 Å². The number of ketones is 1. The van der Waals surface area contributed by atoms with Gasteiger partial charge in [-0.1, -0.05) is 30.3 Å². The number of carbonyl (C=O) groups is 3. The van der Waals surface area contributed by atoms with Gasteiger partial charge >= 0.3 is 5.97 Å². The van der Waals surface area contributed by atoms with Crippen LogP contribution in [0.15, 0.2) is 30.3 Å². The first kappa shape index (κ1) is 22.5. The summed E-state index contributed by atoms with van der Waals surface area (Å²) in [6.07, 6.45) is 1.23. The minimum atomic E-state index is -0.952. The van der Waals surface area contributed by atoms with Crippen molar-refractivity contribution in [1.82, 2.24) is 10.6 Å². The zero-order valence-electron chi connectivity index (χ0n) is 16.4. The molecule has 27 heavy (non-hydrogen) atoms. The molecule has 1 rings (SSSR count). The molecule has 0 saturated carbocycles. The number of hydrogen-bond donors (Lipinski definition) is 3. The van der Waals surface area contributed by atoms with Crippen molar-refractivity contribution in [2.75, 3.05) is 7.05 Å². The van der Waals surface area contributed by atoms with Gasteiger partial charge in [-0.05, 0) is 46.2 Å². The molecule has 3 N–H and O–H groups in total. The second kappa shape index (κ2) is 10.6. The van der Waals surface area contributed by atoms with Crippen molar-refractivity contribution in [3.8, 4) is 0 Å². The van der Waals surface area contributed by atoms with Crippen molar-refractivity contribution < 1.29 is 19.1 Å². The highest BCUT2D eigenvalue weighted by molar-refractivity contribution is 6.26. The average molecular weight is 375 g/mol. The average Bonchev–Trinajstić information content (AvgIpc) is 2.61. The highest BCUT2D eigenvalue weighted by Gasteiger charge is 2.29. The molecule has 0 aliphatic carbocycles. The van der Waals surface area contributed by atoms with E-state index in [9.17, 15) is 14.4 Å². The summed E-state index contributed by atoms with van der Waals surface area (Å²) < 4.78 is 5.36. The molecule has 7 nitrogen and oxygen atoms in total. The summed E-state index contributed by atoms with van der Waals surface area (Å²) >= 11 is 0. The van der Waals surface area contributed by atoms with Crippen LogP contribution in [-0.2, 0) is 25.5 Å². The second-order valence-electron chi connectivity index (χ2n) is 7.27. The zero-order valence-corrected chi connectivity index (χ0v) is 16.4. The lowest BCUT2D eigenvalue weighted by molar-refractivity contribution is -0.159. The monoisotopic (exact) mass is 375 g/mol. The summed E-state index contributed by atoms with van der Waals surface area (Å²) in [6, 6.07) is 8.05. The normalized spacial score (nSPS) is 13.3. The molecule has 7 heteroatoms. The number of amides is 1. The fourth-order valence-electron chi connectivity index (χ4n) is 2.43. The van der Waals surface area contributed by atoms with E-state index in [0.29, 0.717) is 12.6 Å². The van der Waals surface area contributed by atoms with Crippen LogP contribution >= 0.6 is 0 Å². The largest absolute Gasteiger partial charge is 0.458 e. The van der Waals surface area contributed by atoms with Crippen molar-refractivity contribution in [1.29, 1.82) is 5.41 Å². The highest BCUT2D eigenvalue weighted by Crippen LogP contribution is 2.12. The Labute approximate surface area is 160 Å². The maximum Gasteiger partial charge on any atom is 0.329 e. The topological polar surface area (TPSA) is 108 Å². The fourth-order valence-corrected chi connectivity index (χ4v) is 2.43. The Balaban J connectivity index is 2.83. The number of esters is 1. The molecule has 0 aromatic heterocycles. The summed E-state index contributed by atoms with van der Waals surface area (Å²) in [5.41, 5.74) is 0.276. The number of Topliss-reactive ketones (excluding diaryl/α,β-unsaturated/α-hetero) is 1. The quantitative estimate of drug-likeness (QED) is 0.426. The second-order valence-corrected chi connectivity index (χ2v) is 7.27. The Morgan fingerprint density at radius 3 is 2.30 bits per heavy atom. The smallest absolute Gasteiger partial charge is 0.329 e. The number of benzene rings is 1. The van der Waals surface area contributed by atoms with E-state index in [1.165, 1.54) is 0 Å². The minimum Gasteiger partial charge on any atom is -0.458 e. The third-order valence-electron chi connectivity index (χ3n) is 3.80. The van der Waals surface area contributed by atoms with Crippen molar-refractivity contribution in [3.05, 3.63) is 35.9 Å². The molecule has 1 amide bonds. The lowest BCUT2D eigenvalue weighted by Crippen LogP contribution is -2.51. The molecule has 0 bridgehead atoms. The summed E-state index contributed by atoms with van der Waals surface area (Å²) in [5, 5.41) is 12.6. The Bertz CT molecular complexity index is 653. The molecule has 0 heterocycles. The van der Waals surface area contributed by atoms with Gasteiger partial charge in [-0.15, -0.1) is 0 Å². The Morgan fingerprint density at radius 1 is 1.15 bits per heavy atom. The Morgan fingerprint density at radius 2 is 1.78 bits per heavy atom. The molecule has 0 spiro atoms. The first-order valence-corrected chi connectivity index (χ1v) is 8.94. The SMILES string of the molecule is CN[C@@H](Cc1ccccc1)C(=O)N[C@@H](CCC(=O)C=N)C(=O)OC(C)(C)C. The molecule has 0 aliphatic rings. The van der Waals surface area contributed by atoms with Gasteiger partial charge < -0.3 is 20.8 Å². The summed E-state index contributed by atoms with van der Waals surface area (Å²) in [6.45, 7) is 5.20. The van der Waals surface area contributed by atoms with Gasteiger partial charge in [0.15, 0.2) is 5.78 Å². The van der Waals surface area contributed by atoms with Crippen molar-refractivity contribution in [2.45, 2.75) is 57.7 Å². The van der Waals surface area contributed by atoms with Gasteiger partial charge in [0.2, 0.25) is 5.91 Å². The van der Waals surface area contributed by atoms with Crippen LogP contribution in [0.4, 0.5) is 0 Å². The van der Waals surface area contributed by atoms with Crippen molar-refractivity contribution >= 4 is 23.9 Å². The molecule has 148 valence electrons. The van der Waals surface area contributed by atoms with Gasteiger partial charge in [0, 0.05) is 6.42 Å². The van der Waals surface area contributed by atoms with Gasteiger partial charge in [-0.25, -0.2) is 4.79 Å². The van der Waals surface area contributed by atoms with E-state index in [0.717, 1.165) is 5.56 Å². The molecule has 0 unspecified atom stereocenters. The third kappa shape index (κ3) is 8.59. The molecule has 0 aliphatic heterocycles. The highest BCUT2D eigenvalue weighted by atomic mass is 16.6. The van der Waals surface area contributed by atoms with E-state index in [1.807, 2.05) is 30.3 Å². The number of ether oxygens (including phenoxy) is 1. The maximum absolute atomic E-state index is 12.7. The maximum atomic E-state index is 12.7. The number of carbonyl (C=O) groups excluding carboxylic acids is 3. The lowest BCUT2D eigenvalue weighted by Gasteiger charge is -2.26. The van der Waals surface area contributed by atoms with Gasteiger partial charge in [-0.3, -0.25) is 9.59 Å².